The van der Waals surface area contributed by atoms with Crippen LogP contribution in [0.3, 0.4) is 0 Å². The van der Waals surface area contributed by atoms with Gasteiger partial charge in [-0.25, -0.2) is 13.2 Å². The summed E-state index contributed by atoms with van der Waals surface area (Å²) in [7, 11) is 1.41. The van der Waals surface area contributed by atoms with Crippen molar-refractivity contribution in [1.82, 2.24) is 0 Å². The van der Waals surface area contributed by atoms with Crippen molar-refractivity contribution in [3.63, 3.8) is 0 Å². The zero-order valence-electron chi connectivity index (χ0n) is 14.5. The summed E-state index contributed by atoms with van der Waals surface area (Å²) in [6.45, 7) is -0.555. The number of hydrogen-bond donors (Lipinski definition) is 1. The normalized spacial score (nSPS) is 11.1. The molecular weight excluding hydrogens is 353 g/mol. The molecule has 0 amide bonds. The molecule has 2 nitrogen and oxygen atoms in total. The van der Waals surface area contributed by atoms with Gasteiger partial charge in [-0.2, -0.15) is 0 Å². The summed E-state index contributed by atoms with van der Waals surface area (Å²) in [5.41, 5.74) is 2.31. The van der Waals surface area contributed by atoms with Crippen molar-refractivity contribution >= 4 is 12.2 Å². The van der Waals surface area contributed by atoms with Crippen molar-refractivity contribution < 1.29 is 23.0 Å². The maximum Gasteiger partial charge on any atom is 0.166 e. The molecule has 5 heteroatoms. The zero-order valence-corrected chi connectivity index (χ0v) is 14.5. The molecule has 0 fully saturated rings. The molecule has 1 N–H and O–H groups in total. The molecule has 0 heterocycles. The van der Waals surface area contributed by atoms with Gasteiger partial charge in [-0.3, -0.25) is 0 Å². The second-order valence-corrected chi connectivity index (χ2v) is 5.90. The SMILES string of the molecule is COc1ccc(-c2ccc(C=Cc3ccc(CO)c(F)c3F)cc2)cc1F. The minimum Gasteiger partial charge on any atom is -0.494 e. The van der Waals surface area contributed by atoms with Gasteiger partial charge in [0.1, 0.15) is 0 Å². The van der Waals surface area contributed by atoms with Gasteiger partial charge in [0.25, 0.3) is 0 Å². The van der Waals surface area contributed by atoms with Crippen LogP contribution in [0.5, 0.6) is 5.75 Å². The van der Waals surface area contributed by atoms with Crippen molar-refractivity contribution in [2.24, 2.45) is 0 Å². The standard InChI is InChI=1S/C22H17F3O2/c1-27-20-11-10-17(12-19(20)23)15-5-2-14(3-6-15)4-7-16-8-9-18(13-26)22(25)21(16)24/h2-12,26H,13H2,1H3. The third-order valence-electron chi connectivity index (χ3n) is 4.21. The second kappa shape index (κ2) is 8.10. The summed E-state index contributed by atoms with van der Waals surface area (Å²) in [5, 5.41) is 8.95. The number of benzene rings is 3. The largest absolute Gasteiger partial charge is 0.494 e. The van der Waals surface area contributed by atoms with Crippen molar-refractivity contribution in [2.75, 3.05) is 7.11 Å². The zero-order chi connectivity index (χ0) is 19.4. The van der Waals surface area contributed by atoms with Gasteiger partial charge in [-0.15, -0.1) is 0 Å². The molecule has 0 aliphatic carbocycles. The highest BCUT2D eigenvalue weighted by atomic mass is 19.2. The van der Waals surface area contributed by atoms with Crippen LogP contribution >= 0.6 is 0 Å². The van der Waals surface area contributed by atoms with E-state index >= 15 is 0 Å². The smallest absolute Gasteiger partial charge is 0.166 e. The van der Waals surface area contributed by atoms with Gasteiger partial charge >= 0.3 is 0 Å². The molecule has 3 aromatic rings. The van der Waals surface area contributed by atoms with Gasteiger partial charge < -0.3 is 9.84 Å². The Hall–Kier alpha value is -3.05. The maximum atomic E-state index is 14.0. The van der Waals surface area contributed by atoms with Gasteiger partial charge in [0.2, 0.25) is 0 Å². The number of methoxy groups -OCH3 is 1. The van der Waals surface area contributed by atoms with E-state index in [1.165, 1.54) is 31.4 Å². The minimum absolute atomic E-state index is 0.0827. The number of aliphatic hydroxyl groups excluding tert-OH is 1. The lowest BCUT2D eigenvalue weighted by Gasteiger charge is -2.06. The summed E-state index contributed by atoms with van der Waals surface area (Å²) < 4.78 is 46.4. The Kier molecular flexibility index (Phi) is 5.62. The van der Waals surface area contributed by atoms with E-state index < -0.39 is 24.1 Å². The highest BCUT2D eigenvalue weighted by Crippen LogP contribution is 2.26. The van der Waals surface area contributed by atoms with Crippen LogP contribution in [-0.4, -0.2) is 12.2 Å². The van der Waals surface area contributed by atoms with Crippen LogP contribution in [0.1, 0.15) is 16.7 Å². The lowest BCUT2D eigenvalue weighted by Crippen LogP contribution is -1.96. The summed E-state index contributed by atoms with van der Waals surface area (Å²) in [6.07, 6.45) is 3.11. The van der Waals surface area contributed by atoms with Crippen molar-refractivity contribution in [3.05, 3.63) is 88.7 Å². The first kappa shape index (κ1) is 18.7. The maximum absolute atomic E-state index is 14.0. The Morgan fingerprint density at radius 1 is 0.852 bits per heavy atom. The predicted octanol–water partition coefficient (Wildman–Crippen LogP) is 5.44. The van der Waals surface area contributed by atoms with Crippen molar-refractivity contribution in [1.29, 1.82) is 0 Å². The molecule has 0 bridgehead atoms. The molecule has 0 saturated carbocycles. The quantitative estimate of drug-likeness (QED) is 0.606. The van der Waals surface area contributed by atoms with Crippen LogP contribution in [0.2, 0.25) is 0 Å². The van der Waals surface area contributed by atoms with Gasteiger partial charge in [-0.05, 0) is 28.8 Å². The first-order valence-electron chi connectivity index (χ1n) is 8.23. The Labute approximate surface area is 155 Å². The predicted molar refractivity (Wildman–Crippen MR) is 99.6 cm³/mol. The van der Waals surface area contributed by atoms with Gasteiger partial charge in [0.15, 0.2) is 23.2 Å². The van der Waals surface area contributed by atoms with Gasteiger partial charge in [-0.1, -0.05) is 54.6 Å². The topological polar surface area (TPSA) is 29.5 Å². The van der Waals surface area contributed by atoms with Crippen LogP contribution in [0, 0.1) is 17.5 Å². The van der Waals surface area contributed by atoms with Crippen LogP contribution in [0.25, 0.3) is 23.3 Å². The van der Waals surface area contributed by atoms with Crippen LogP contribution in [0.4, 0.5) is 13.2 Å². The fourth-order valence-electron chi connectivity index (χ4n) is 2.67. The van der Waals surface area contributed by atoms with Crippen LogP contribution in [-0.2, 0) is 6.61 Å². The number of ether oxygens (including phenoxy) is 1. The van der Waals surface area contributed by atoms with E-state index in [1.54, 1.807) is 30.3 Å². The van der Waals surface area contributed by atoms with Crippen LogP contribution in [0.15, 0.2) is 54.6 Å². The average Bonchev–Trinajstić information content (AvgIpc) is 2.69. The molecule has 0 aromatic heterocycles. The van der Waals surface area contributed by atoms with Crippen molar-refractivity contribution in [3.8, 4) is 16.9 Å². The molecule has 0 aliphatic rings. The first-order valence-corrected chi connectivity index (χ1v) is 8.23. The number of aliphatic hydroxyl groups is 1. The Morgan fingerprint density at radius 3 is 2.19 bits per heavy atom. The fraction of sp³-hybridized carbons (Fsp3) is 0.0909. The molecule has 0 saturated heterocycles. The monoisotopic (exact) mass is 370 g/mol. The fourth-order valence-corrected chi connectivity index (χ4v) is 2.67. The molecule has 0 aliphatic heterocycles. The third kappa shape index (κ3) is 4.04. The van der Waals surface area contributed by atoms with Crippen molar-refractivity contribution in [2.45, 2.75) is 6.61 Å². The number of rotatable bonds is 5. The Bertz CT molecular complexity index is 980. The molecular formula is C22H17F3O2. The lowest BCUT2D eigenvalue weighted by molar-refractivity contribution is 0.273. The van der Waals surface area contributed by atoms with E-state index in [4.69, 9.17) is 9.84 Å². The van der Waals surface area contributed by atoms with Gasteiger partial charge in [0, 0.05) is 11.1 Å². The molecule has 0 atom stereocenters. The summed E-state index contributed by atoms with van der Waals surface area (Å²) in [5.74, 6) is -2.30. The molecule has 27 heavy (non-hydrogen) atoms. The molecule has 3 rings (SSSR count). The van der Waals surface area contributed by atoms with E-state index in [-0.39, 0.29) is 16.9 Å². The van der Waals surface area contributed by atoms with Crippen LogP contribution < -0.4 is 4.74 Å². The average molecular weight is 370 g/mol. The Balaban J connectivity index is 1.81. The molecule has 0 spiro atoms. The summed E-state index contributed by atoms with van der Waals surface area (Å²) in [6, 6.07) is 14.7. The lowest BCUT2D eigenvalue weighted by atomic mass is 10.0. The van der Waals surface area contributed by atoms with Gasteiger partial charge in [0.05, 0.1) is 13.7 Å². The third-order valence-corrected chi connectivity index (χ3v) is 4.21. The minimum atomic E-state index is -1.04. The van der Waals surface area contributed by atoms with E-state index in [0.717, 1.165) is 11.1 Å². The number of hydrogen-bond acceptors (Lipinski definition) is 2. The molecule has 3 aromatic carbocycles. The van der Waals surface area contributed by atoms with E-state index in [2.05, 4.69) is 0 Å². The second-order valence-electron chi connectivity index (χ2n) is 5.90. The first-order chi connectivity index (χ1) is 13.0. The summed E-state index contributed by atoms with van der Waals surface area (Å²) >= 11 is 0. The summed E-state index contributed by atoms with van der Waals surface area (Å²) in [4.78, 5) is 0. The van der Waals surface area contributed by atoms with E-state index in [0.29, 0.717) is 5.56 Å². The van der Waals surface area contributed by atoms with E-state index in [9.17, 15) is 13.2 Å². The highest BCUT2D eigenvalue weighted by molar-refractivity contribution is 5.72. The Morgan fingerprint density at radius 2 is 1.56 bits per heavy atom. The molecule has 0 unspecified atom stereocenters. The molecule has 138 valence electrons. The van der Waals surface area contributed by atoms with E-state index in [1.807, 2.05) is 12.1 Å². The highest BCUT2D eigenvalue weighted by Gasteiger charge is 2.11. The number of halogens is 3. The molecule has 0 radical (unpaired) electrons.